The lowest BCUT2D eigenvalue weighted by Crippen LogP contribution is -2.37. The van der Waals surface area contributed by atoms with Crippen LogP contribution in [0.2, 0.25) is 5.02 Å². The van der Waals surface area contributed by atoms with Crippen molar-refractivity contribution in [2.45, 2.75) is 12.7 Å². The lowest BCUT2D eigenvalue weighted by molar-refractivity contribution is -0.682. The molecule has 6 nitrogen and oxygen atoms in total. The van der Waals surface area contributed by atoms with E-state index in [0.29, 0.717) is 28.9 Å². The summed E-state index contributed by atoms with van der Waals surface area (Å²) in [6.45, 7) is 0.446. The third-order valence-electron chi connectivity index (χ3n) is 4.67. The Kier molecular flexibility index (Phi) is 4.46. The quantitative estimate of drug-likeness (QED) is 0.503. The summed E-state index contributed by atoms with van der Waals surface area (Å²) in [5, 5.41) is 0.676. The Hall–Kier alpha value is -3.29. The van der Waals surface area contributed by atoms with Crippen LogP contribution in [0, 0.1) is 5.82 Å². The minimum atomic E-state index is -0.313. The molecule has 1 atom stereocenters. The minimum absolute atomic E-state index is 0.272. The summed E-state index contributed by atoms with van der Waals surface area (Å²) in [6, 6.07) is 15.9. The second kappa shape index (κ2) is 7.27. The predicted molar refractivity (Wildman–Crippen MR) is 108 cm³/mol. The molecule has 5 rings (SSSR count). The van der Waals surface area contributed by atoms with Gasteiger partial charge in [0.25, 0.3) is 5.90 Å². The second-order valence-electron chi connectivity index (χ2n) is 6.68. The molecule has 0 aliphatic carbocycles. The van der Waals surface area contributed by atoms with Gasteiger partial charge in [-0.3, -0.25) is 0 Å². The van der Waals surface area contributed by atoms with E-state index < -0.39 is 0 Å². The Morgan fingerprint density at radius 2 is 1.93 bits per heavy atom. The first-order valence-corrected chi connectivity index (χ1v) is 9.42. The molecule has 0 bridgehead atoms. The first kappa shape index (κ1) is 17.8. The van der Waals surface area contributed by atoms with Gasteiger partial charge in [0.1, 0.15) is 22.7 Å². The molecule has 0 amide bonds. The van der Waals surface area contributed by atoms with E-state index in [9.17, 15) is 4.39 Å². The third-order valence-corrected chi connectivity index (χ3v) is 4.93. The lowest BCUT2D eigenvalue weighted by Gasteiger charge is -2.05. The summed E-state index contributed by atoms with van der Waals surface area (Å²) in [5.74, 6) is 0.741. The Balaban J connectivity index is 1.38. The molecule has 2 aromatic carbocycles. The van der Waals surface area contributed by atoms with E-state index in [0.717, 1.165) is 16.6 Å². The van der Waals surface area contributed by atoms with Crippen LogP contribution < -0.4 is 10.0 Å². The second-order valence-corrected chi connectivity index (χ2v) is 7.11. The van der Waals surface area contributed by atoms with Gasteiger partial charge < -0.3 is 9.82 Å². The highest BCUT2D eigenvalue weighted by molar-refractivity contribution is 6.30. The highest BCUT2D eigenvalue weighted by Gasteiger charge is 2.23. The number of hydrogen-bond acceptors (Lipinski definition) is 4. The highest BCUT2D eigenvalue weighted by Crippen LogP contribution is 2.23. The van der Waals surface area contributed by atoms with Crippen LogP contribution in [0.4, 0.5) is 4.39 Å². The van der Waals surface area contributed by atoms with Gasteiger partial charge in [0, 0.05) is 11.1 Å². The van der Waals surface area contributed by atoms with Gasteiger partial charge in [0.05, 0.1) is 5.56 Å². The van der Waals surface area contributed by atoms with Gasteiger partial charge in [0.15, 0.2) is 18.6 Å². The zero-order valence-corrected chi connectivity index (χ0v) is 15.9. The SMILES string of the molecule is Fc1ccccc1-c1nc2cc[n+](CC3=NC(c4ccc(Cl)cc4)NO3)cc2[nH]1. The van der Waals surface area contributed by atoms with E-state index in [4.69, 9.17) is 16.4 Å². The molecule has 0 saturated carbocycles. The standard InChI is InChI=1S/C21H15ClFN5O/c22-14-7-5-13(6-8-14)20-26-19(29-27-20)12-28-10-9-17-18(11-28)25-21(24-17)15-3-1-2-4-16(15)23/h1-11,20,27H,12H2/p+1. The first-order chi connectivity index (χ1) is 14.2. The number of rotatable bonds is 4. The molecule has 3 heterocycles. The lowest BCUT2D eigenvalue weighted by atomic mass is 10.2. The molecule has 2 aromatic heterocycles. The van der Waals surface area contributed by atoms with E-state index in [-0.39, 0.29) is 12.0 Å². The molecular formula is C21H16ClFN5O+. The van der Waals surface area contributed by atoms with E-state index >= 15 is 0 Å². The number of hydrogen-bond donors (Lipinski definition) is 2. The van der Waals surface area contributed by atoms with Gasteiger partial charge >= 0.3 is 0 Å². The van der Waals surface area contributed by atoms with Gasteiger partial charge in [-0.05, 0) is 29.8 Å². The normalized spacial score (nSPS) is 16.1. The van der Waals surface area contributed by atoms with E-state index in [1.54, 1.807) is 18.2 Å². The number of aliphatic imine (C=N–C) groups is 1. The van der Waals surface area contributed by atoms with Crippen LogP contribution in [-0.4, -0.2) is 15.9 Å². The van der Waals surface area contributed by atoms with Crippen LogP contribution >= 0.6 is 11.6 Å². The summed E-state index contributed by atoms with van der Waals surface area (Å²) in [7, 11) is 0. The molecule has 0 saturated heterocycles. The van der Waals surface area contributed by atoms with Crippen LogP contribution in [0.25, 0.3) is 22.4 Å². The van der Waals surface area contributed by atoms with Crippen molar-refractivity contribution in [3.05, 3.63) is 83.4 Å². The molecule has 2 N–H and O–H groups in total. The molecule has 1 aliphatic heterocycles. The molecule has 4 aromatic rings. The monoisotopic (exact) mass is 408 g/mol. The number of aromatic nitrogens is 3. The molecular weight excluding hydrogens is 393 g/mol. The molecule has 1 aliphatic rings. The average molecular weight is 409 g/mol. The number of benzene rings is 2. The summed E-state index contributed by atoms with van der Waals surface area (Å²) in [5.41, 5.74) is 5.87. The van der Waals surface area contributed by atoms with Gasteiger partial charge in [-0.25, -0.2) is 14.4 Å². The molecule has 0 spiro atoms. The molecule has 8 heteroatoms. The number of aromatic amines is 1. The van der Waals surface area contributed by atoms with Crippen LogP contribution in [-0.2, 0) is 11.4 Å². The van der Waals surface area contributed by atoms with Gasteiger partial charge in [-0.1, -0.05) is 35.9 Å². The fraction of sp³-hybridized carbons (Fsp3) is 0.0952. The largest absolute Gasteiger partial charge is 0.384 e. The Bertz CT molecular complexity index is 1220. The number of imidazole rings is 1. The Morgan fingerprint density at radius 1 is 1.10 bits per heavy atom. The maximum absolute atomic E-state index is 14.0. The Morgan fingerprint density at radius 3 is 2.76 bits per heavy atom. The number of nitrogens with one attached hydrogen (secondary N) is 2. The maximum atomic E-state index is 14.0. The van der Waals surface area contributed by atoms with E-state index in [1.165, 1.54) is 6.07 Å². The van der Waals surface area contributed by atoms with Crippen LogP contribution in [0.1, 0.15) is 11.7 Å². The number of nitrogens with zero attached hydrogens (tertiary/aromatic N) is 3. The summed E-state index contributed by atoms with van der Waals surface area (Å²) >= 11 is 5.93. The van der Waals surface area contributed by atoms with Crippen LogP contribution in [0.3, 0.4) is 0 Å². The van der Waals surface area contributed by atoms with E-state index in [1.807, 2.05) is 47.3 Å². The zero-order valence-electron chi connectivity index (χ0n) is 15.1. The van der Waals surface area contributed by atoms with Crippen molar-refractivity contribution in [2.24, 2.45) is 4.99 Å². The van der Waals surface area contributed by atoms with Crippen molar-refractivity contribution in [2.75, 3.05) is 0 Å². The van der Waals surface area contributed by atoms with Gasteiger partial charge in [-0.2, -0.15) is 4.57 Å². The topological polar surface area (TPSA) is 66.2 Å². The zero-order chi connectivity index (χ0) is 19.8. The molecule has 144 valence electrons. The molecule has 0 fully saturated rings. The van der Waals surface area contributed by atoms with Crippen molar-refractivity contribution >= 4 is 28.5 Å². The van der Waals surface area contributed by atoms with Crippen molar-refractivity contribution in [3.63, 3.8) is 0 Å². The number of hydroxylamine groups is 1. The average Bonchev–Trinajstić information content (AvgIpc) is 3.35. The summed E-state index contributed by atoms with van der Waals surface area (Å²) in [4.78, 5) is 17.8. The van der Waals surface area contributed by atoms with Crippen molar-refractivity contribution in [1.29, 1.82) is 0 Å². The minimum Gasteiger partial charge on any atom is -0.384 e. The number of pyridine rings is 1. The summed E-state index contributed by atoms with van der Waals surface area (Å²) < 4.78 is 16.0. The number of halogens is 2. The predicted octanol–water partition coefficient (Wildman–Crippen LogP) is 3.94. The fourth-order valence-electron chi connectivity index (χ4n) is 3.22. The van der Waals surface area contributed by atoms with Crippen molar-refractivity contribution in [1.82, 2.24) is 15.4 Å². The fourth-order valence-corrected chi connectivity index (χ4v) is 3.34. The Labute approximate surface area is 170 Å². The van der Waals surface area contributed by atoms with Crippen LogP contribution in [0.5, 0.6) is 0 Å². The highest BCUT2D eigenvalue weighted by atomic mass is 35.5. The summed E-state index contributed by atoms with van der Waals surface area (Å²) in [6.07, 6.45) is 3.51. The molecule has 0 radical (unpaired) electrons. The van der Waals surface area contributed by atoms with E-state index in [2.05, 4.69) is 20.4 Å². The molecule has 1 unspecified atom stereocenters. The van der Waals surface area contributed by atoms with Gasteiger partial charge in [0.2, 0.25) is 6.54 Å². The third kappa shape index (κ3) is 3.57. The molecule has 29 heavy (non-hydrogen) atoms. The van der Waals surface area contributed by atoms with Crippen LogP contribution in [0.15, 0.2) is 72.0 Å². The number of fused-ring (bicyclic) bond motifs is 1. The smallest absolute Gasteiger partial charge is 0.277 e. The van der Waals surface area contributed by atoms with Crippen molar-refractivity contribution in [3.8, 4) is 11.4 Å². The first-order valence-electron chi connectivity index (χ1n) is 9.04. The van der Waals surface area contributed by atoms with Crippen molar-refractivity contribution < 1.29 is 13.8 Å². The van der Waals surface area contributed by atoms with Gasteiger partial charge in [-0.15, -0.1) is 5.48 Å². The maximum Gasteiger partial charge on any atom is 0.277 e. The number of H-pyrrole nitrogens is 1.